The van der Waals surface area contributed by atoms with Gasteiger partial charge in [0.1, 0.15) is 0 Å². The van der Waals surface area contributed by atoms with Crippen LogP contribution in [0.5, 0.6) is 0 Å². The number of aryl methyl sites for hydroxylation is 1. The Morgan fingerprint density at radius 1 is 0.871 bits per heavy atom. The predicted octanol–water partition coefficient (Wildman–Crippen LogP) is 6.44. The lowest BCUT2D eigenvalue weighted by atomic mass is 10.1. The summed E-state index contributed by atoms with van der Waals surface area (Å²) in [4.78, 5) is 7.13. The fourth-order valence-corrected chi connectivity index (χ4v) is 3.59. The number of hydrogen-bond donors (Lipinski definition) is 0. The number of nitrogens with zero attached hydrogens (tertiary/aromatic N) is 4. The van der Waals surface area contributed by atoms with Crippen LogP contribution in [0.1, 0.15) is 25.0 Å². The fourth-order valence-electron chi connectivity index (χ4n) is 3.59. The third-order valence-electron chi connectivity index (χ3n) is 5.41. The number of hydrogen-bond acceptors (Lipinski definition) is 3. The van der Waals surface area contributed by atoms with Crippen LogP contribution in [0.15, 0.2) is 89.9 Å². The molecular formula is C27H28N4. The molecule has 31 heavy (non-hydrogen) atoms. The van der Waals surface area contributed by atoms with Crippen molar-refractivity contribution in [2.75, 3.05) is 18.0 Å². The van der Waals surface area contributed by atoms with E-state index in [4.69, 9.17) is 10.1 Å². The molecule has 0 atom stereocenters. The van der Waals surface area contributed by atoms with E-state index in [0.29, 0.717) is 0 Å². The minimum absolute atomic E-state index is 0.801. The smallest absolute Gasteiger partial charge is 0.156 e. The Kier molecular flexibility index (Phi) is 6.27. The van der Waals surface area contributed by atoms with Crippen molar-refractivity contribution in [3.8, 4) is 16.9 Å². The molecule has 4 nitrogen and oxygen atoms in total. The van der Waals surface area contributed by atoms with E-state index >= 15 is 0 Å². The molecule has 156 valence electrons. The minimum Gasteiger partial charge on any atom is -0.372 e. The van der Waals surface area contributed by atoms with Crippen molar-refractivity contribution < 1.29 is 0 Å². The zero-order chi connectivity index (χ0) is 21.6. The van der Waals surface area contributed by atoms with Crippen LogP contribution in [0.3, 0.4) is 0 Å². The molecule has 0 aliphatic heterocycles. The lowest BCUT2D eigenvalue weighted by molar-refractivity contribution is 0.866. The second-order valence-electron chi connectivity index (χ2n) is 7.52. The van der Waals surface area contributed by atoms with Crippen molar-refractivity contribution in [2.45, 2.75) is 20.8 Å². The normalized spacial score (nSPS) is 11.2. The Morgan fingerprint density at radius 2 is 1.55 bits per heavy atom. The van der Waals surface area contributed by atoms with Crippen LogP contribution in [0, 0.1) is 6.92 Å². The van der Waals surface area contributed by atoms with Crippen molar-refractivity contribution in [1.29, 1.82) is 0 Å². The van der Waals surface area contributed by atoms with Crippen molar-refractivity contribution in [3.63, 3.8) is 0 Å². The highest BCUT2D eigenvalue weighted by Crippen LogP contribution is 2.27. The molecule has 0 aliphatic rings. The number of aliphatic imine (C=N–C) groups is 1. The predicted molar refractivity (Wildman–Crippen MR) is 131 cm³/mol. The zero-order valence-corrected chi connectivity index (χ0v) is 18.4. The summed E-state index contributed by atoms with van der Waals surface area (Å²) >= 11 is 0. The number of rotatable bonds is 7. The Bertz CT molecular complexity index is 1140. The third kappa shape index (κ3) is 4.75. The molecule has 0 unspecified atom stereocenters. The molecule has 0 saturated carbocycles. The van der Waals surface area contributed by atoms with Gasteiger partial charge in [-0.05, 0) is 50.6 Å². The van der Waals surface area contributed by atoms with Crippen LogP contribution in [-0.2, 0) is 0 Å². The quantitative estimate of drug-likeness (QED) is 0.330. The van der Waals surface area contributed by atoms with Crippen molar-refractivity contribution >= 4 is 17.7 Å². The van der Waals surface area contributed by atoms with Crippen LogP contribution in [0.2, 0.25) is 0 Å². The van der Waals surface area contributed by atoms with Gasteiger partial charge >= 0.3 is 0 Å². The van der Waals surface area contributed by atoms with Crippen LogP contribution in [0.25, 0.3) is 16.9 Å². The van der Waals surface area contributed by atoms with Crippen molar-refractivity contribution in [1.82, 2.24) is 9.78 Å². The molecule has 0 amide bonds. The van der Waals surface area contributed by atoms with E-state index in [0.717, 1.165) is 41.4 Å². The maximum Gasteiger partial charge on any atom is 0.156 e. The second-order valence-corrected chi connectivity index (χ2v) is 7.52. The van der Waals surface area contributed by atoms with Crippen LogP contribution in [-0.4, -0.2) is 29.1 Å². The molecule has 4 aromatic rings. The highest BCUT2D eigenvalue weighted by Gasteiger charge is 2.10. The molecule has 0 radical (unpaired) electrons. The van der Waals surface area contributed by atoms with Crippen LogP contribution < -0.4 is 4.90 Å². The lowest BCUT2D eigenvalue weighted by Gasteiger charge is -2.20. The average Bonchev–Trinajstić information content (AvgIpc) is 3.25. The molecule has 0 aliphatic carbocycles. The van der Waals surface area contributed by atoms with Crippen molar-refractivity contribution in [2.24, 2.45) is 4.99 Å². The molecule has 0 spiro atoms. The minimum atomic E-state index is 0.801. The first-order valence-electron chi connectivity index (χ1n) is 10.8. The van der Waals surface area contributed by atoms with Gasteiger partial charge in [0, 0.05) is 36.6 Å². The molecule has 0 fully saturated rings. The first kappa shape index (κ1) is 20.6. The summed E-state index contributed by atoms with van der Waals surface area (Å²) in [5, 5.41) is 4.85. The molecule has 3 aromatic carbocycles. The highest BCUT2D eigenvalue weighted by atomic mass is 15.3. The summed E-state index contributed by atoms with van der Waals surface area (Å²) in [6.45, 7) is 8.45. The molecule has 0 bridgehead atoms. The first-order valence-corrected chi connectivity index (χ1v) is 10.8. The Labute approximate surface area is 184 Å². The van der Waals surface area contributed by atoms with Gasteiger partial charge in [-0.2, -0.15) is 5.10 Å². The number of anilines is 1. The Morgan fingerprint density at radius 3 is 2.19 bits per heavy atom. The van der Waals surface area contributed by atoms with Gasteiger partial charge in [-0.3, -0.25) is 0 Å². The van der Waals surface area contributed by atoms with Crippen molar-refractivity contribution in [3.05, 3.63) is 96.1 Å². The molecule has 1 aromatic heterocycles. The van der Waals surface area contributed by atoms with Gasteiger partial charge in [0.15, 0.2) is 5.82 Å². The molecule has 0 N–H and O–H groups in total. The Hall–Kier alpha value is -3.66. The van der Waals surface area contributed by atoms with E-state index in [9.17, 15) is 0 Å². The summed E-state index contributed by atoms with van der Waals surface area (Å²) in [6, 6.07) is 29.1. The molecule has 4 rings (SSSR count). The number of aromatic nitrogens is 2. The highest BCUT2D eigenvalue weighted by molar-refractivity contribution is 5.83. The third-order valence-corrected chi connectivity index (χ3v) is 5.41. The van der Waals surface area contributed by atoms with E-state index in [1.165, 1.54) is 11.3 Å². The summed E-state index contributed by atoms with van der Waals surface area (Å²) in [5.74, 6) is 0.801. The topological polar surface area (TPSA) is 33.4 Å². The van der Waals surface area contributed by atoms with Crippen LogP contribution in [0.4, 0.5) is 11.5 Å². The summed E-state index contributed by atoms with van der Waals surface area (Å²) < 4.78 is 1.90. The number of para-hydroxylation sites is 1. The van der Waals surface area contributed by atoms with Gasteiger partial charge in [-0.15, -0.1) is 0 Å². The van der Waals surface area contributed by atoms with Crippen LogP contribution >= 0.6 is 0 Å². The number of benzene rings is 3. The molecule has 0 saturated heterocycles. The monoisotopic (exact) mass is 408 g/mol. The zero-order valence-electron chi connectivity index (χ0n) is 18.4. The molecule has 1 heterocycles. The van der Waals surface area contributed by atoms with Gasteiger partial charge in [-0.1, -0.05) is 60.2 Å². The van der Waals surface area contributed by atoms with E-state index in [1.54, 1.807) is 0 Å². The largest absolute Gasteiger partial charge is 0.372 e. The van der Waals surface area contributed by atoms with E-state index in [2.05, 4.69) is 74.2 Å². The summed E-state index contributed by atoms with van der Waals surface area (Å²) in [5.41, 5.74) is 6.52. The Balaban J connectivity index is 1.67. The van der Waals surface area contributed by atoms with E-state index in [1.807, 2.05) is 47.3 Å². The fraction of sp³-hybridized carbons (Fsp3) is 0.185. The molecular weight excluding hydrogens is 380 g/mol. The maximum atomic E-state index is 4.85. The van der Waals surface area contributed by atoms with Gasteiger partial charge in [0.05, 0.1) is 11.4 Å². The maximum absolute atomic E-state index is 4.85. The van der Waals surface area contributed by atoms with Gasteiger partial charge in [-0.25, -0.2) is 9.67 Å². The van der Waals surface area contributed by atoms with E-state index in [-0.39, 0.29) is 0 Å². The summed E-state index contributed by atoms with van der Waals surface area (Å²) in [7, 11) is 0. The van der Waals surface area contributed by atoms with E-state index < -0.39 is 0 Å². The van der Waals surface area contributed by atoms with Gasteiger partial charge in [0.25, 0.3) is 0 Å². The molecule has 4 heteroatoms. The SMILES string of the molecule is CCN(CC)c1ccc(C=Nc2cc(-c3ccc(C)cc3)nn2-c2ccccc2)cc1. The second kappa shape index (κ2) is 9.43. The lowest BCUT2D eigenvalue weighted by Crippen LogP contribution is -2.21. The van der Waals surface area contributed by atoms with Gasteiger partial charge in [0.2, 0.25) is 0 Å². The first-order chi connectivity index (χ1) is 15.2. The van der Waals surface area contributed by atoms with Gasteiger partial charge < -0.3 is 4.90 Å². The average molecular weight is 409 g/mol. The summed E-state index contributed by atoms with van der Waals surface area (Å²) in [6.07, 6.45) is 1.90. The standard InChI is InChI=1S/C27H28N4/c1-4-30(5-2)24-17-13-22(14-18-24)20-28-27-19-26(23-15-11-21(3)12-16-23)29-31(27)25-9-7-6-8-10-25/h6-20H,4-5H2,1-3H3.